The number of amides is 1. The minimum atomic E-state index is -0.999. The number of carbonyl (C=O) groups excluding carboxylic acids is 1. The lowest BCUT2D eigenvalue weighted by Crippen LogP contribution is -2.45. The molecule has 0 bridgehead atoms. The Morgan fingerprint density at radius 3 is 2.75 bits per heavy atom. The lowest BCUT2D eigenvalue weighted by molar-refractivity contribution is -0.141. The van der Waals surface area contributed by atoms with Gasteiger partial charge < -0.3 is 10.0 Å². The summed E-state index contributed by atoms with van der Waals surface area (Å²) in [5.74, 6) is -1.36. The number of rotatable bonds is 3. The number of nitrogens with zero attached hydrogens (tertiary/aromatic N) is 1. The van der Waals surface area contributed by atoms with Crippen LogP contribution in [0, 0.1) is 12.7 Å². The Hall–Kier alpha value is -1.56. The number of carboxylic acid groups (broad SMARTS) is 1. The van der Waals surface area contributed by atoms with Crippen LogP contribution >= 0.6 is 11.8 Å². The van der Waals surface area contributed by atoms with E-state index in [4.69, 9.17) is 0 Å². The second kappa shape index (κ2) is 5.83. The summed E-state index contributed by atoms with van der Waals surface area (Å²) in [6.07, 6.45) is 0.681. The summed E-state index contributed by atoms with van der Waals surface area (Å²) in [5, 5.41) is 9.09. The molecule has 1 aliphatic rings. The Bertz CT molecular complexity index is 549. The number of thioether (sulfide) groups is 1. The molecule has 0 saturated carbocycles. The third-order valence-corrected chi connectivity index (χ3v) is 4.83. The summed E-state index contributed by atoms with van der Waals surface area (Å²) in [7, 11) is 0. The Morgan fingerprint density at radius 2 is 2.20 bits per heavy atom. The highest BCUT2D eigenvalue weighted by Crippen LogP contribution is 2.33. The van der Waals surface area contributed by atoms with Crippen molar-refractivity contribution in [3.05, 3.63) is 35.1 Å². The molecule has 1 aromatic carbocycles. The molecule has 4 nitrogen and oxygen atoms in total. The molecular formula is C14H16FNO3S. The van der Waals surface area contributed by atoms with Crippen LogP contribution in [-0.2, 0) is 4.79 Å². The zero-order chi connectivity index (χ0) is 14.9. The molecule has 0 aliphatic carbocycles. The van der Waals surface area contributed by atoms with Gasteiger partial charge >= 0.3 is 5.97 Å². The largest absolute Gasteiger partial charge is 0.480 e. The van der Waals surface area contributed by atoms with Crippen molar-refractivity contribution in [1.29, 1.82) is 0 Å². The fourth-order valence-electron chi connectivity index (χ4n) is 2.35. The average molecular weight is 297 g/mol. The van der Waals surface area contributed by atoms with E-state index in [1.165, 1.54) is 34.9 Å². The van der Waals surface area contributed by atoms with E-state index >= 15 is 0 Å². The predicted molar refractivity (Wildman–Crippen MR) is 75.3 cm³/mol. The highest BCUT2D eigenvalue weighted by Gasteiger charge is 2.41. The third-order valence-electron chi connectivity index (χ3n) is 3.38. The van der Waals surface area contributed by atoms with E-state index in [1.54, 1.807) is 6.92 Å². The predicted octanol–water partition coefficient (Wildman–Crippen LogP) is 2.51. The summed E-state index contributed by atoms with van der Waals surface area (Å²) in [5.41, 5.74) is 0.879. The van der Waals surface area contributed by atoms with Gasteiger partial charge in [-0.15, -0.1) is 11.8 Å². The molecule has 0 spiro atoms. The number of aryl methyl sites for hydroxylation is 1. The van der Waals surface area contributed by atoms with Crippen LogP contribution in [0.5, 0.6) is 0 Å². The van der Waals surface area contributed by atoms with Gasteiger partial charge in [0.05, 0.1) is 5.37 Å². The summed E-state index contributed by atoms with van der Waals surface area (Å²) >= 11 is 1.47. The Kier molecular flexibility index (Phi) is 4.32. The monoisotopic (exact) mass is 297 g/mol. The number of hydrogen-bond acceptors (Lipinski definition) is 3. The SMILES string of the molecule is CCC1SCC(C(=O)O)N1C(=O)c1ccc(F)cc1C. The summed E-state index contributed by atoms with van der Waals surface area (Å²) in [6.45, 7) is 3.57. The second-order valence-corrected chi connectivity index (χ2v) is 5.93. The van der Waals surface area contributed by atoms with E-state index in [-0.39, 0.29) is 11.3 Å². The van der Waals surface area contributed by atoms with Crippen molar-refractivity contribution in [1.82, 2.24) is 4.90 Å². The minimum absolute atomic E-state index is 0.145. The second-order valence-electron chi connectivity index (χ2n) is 4.72. The highest BCUT2D eigenvalue weighted by molar-refractivity contribution is 8.00. The first-order chi connectivity index (χ1) is 9.45. The molecule has 1 heterocycles. The van der Waals surface area contributed by atoms with Crippen molar-refractivity contribution in [3.8, 4) is 0 Å². The van der Waals surface area contributed by atoms with Crippen LogP contribution in [0.1, 0.15) is 29.3 Å². The van der Waals surface area contributed by atoms with E-state index in [9.17, 15) is 19.1 Å². The highest BCUT2D eigenvalue weighted by atomic mass is 32.2. The van der Waals surface area contributed by atoms with Crippen molar-refractivity contribution >= 4 is 23.6 Å². The third kappa shape index (κ3) is 2.65. The number of carboxylic acids is 1. The zero-order valence-electron chi connectivity index (χ0n) is 11.3. The van der Waals surface area contributed by atoms with Crippen molar-refractivity contribution in [3.63, 3.8) is 0 Å². The van der Waals surface area contributed by atoms with Gasteiger partial charge in [-0.3, -0.25) is 4.79 Å². The molecule has 20 heavy (non-hydrogen) atoms. The molecular weight excluding hydrogens is 281 g/mol. The smallest absolute Gasteiger partial charge is 0.327 e. The standard InChI is InChI=1S/C14H16FNO3S/c1-3-12-16(11(7-20-12)14(18)19)13(17)10-5-4-9(15)6-8(10)2/h4-6,11-12H,3,7H2,1-2H3,(H,18,19). The lowest BCUT2D eigenvalue weighted by atomic mass is 10.1. The Balaban J connectivity index is 2.36. The first-order valence-corrected chi connectivity index (χ1v) is 7.43. The van der Waals surface area contributed by atoms with Gasteiger partial charge in [-0.1, -0.05) is 6.92 Å². The van der Waals surface area contributed by atoms with Crippen LogP contribution < -0.4 is 0 Å². The number of carbonyl (C=O) groups is 2. The van der Waals surface area contributed by atoms with E-state index in [1.807, 2.05) is 6.92 Å². The summed E-state index contributed by atoms with van der Waals surface area (Å²) in [4.78, 5) is 25.3. The fraction of sp³-hybridized carbons (Fsp3) is 0.429. The molecule has 6 heteroatoms. The molecule has 1 aliphatic heterocycles. The molecule has 0 aromatic heterocycles. The van der Waals surface area contributed by atoms with Gasteiger partial charge in [0, 0.05) is 11.3 Å². The van der Waals surface area contributed by atoms with Crippen molar-refractivity contribution in [2.75, 3.05) is 5.75 Å². The number of hydrogen-bond donors (Lipinski definition) is 1. The van der Waals surface area contributed by atoms with Gasteiger partial charge in [0.15, 0.2) is 0 Å². The Morgan fingerprint density at radius 1 is 1.50 bits per heavy atom. The number of halogens is 1. The molecule has 2 atom stereocenters. The normalized spacial score (nSPS) is 22.1. The Labute approximate surface area is 121 Å². The minimum Gasteiger partial charge on any atom is -0.480 e. The van der Waals surface area contributed by atoms with Gasteiger partial charge in [0.25, 0.3) is 5.91 Å². The molecule has 108 valence electrons. The van der Waals surface area contributed by atoms with Gasteiger partial charge in [-0.25, -0.2) is 9.18 Å². The van der Waals surface area contributed by atoms with Crippen LogP contribution in [-0.4, -0.2) is 39.1 Å². The molecule has 1 fully saturated rings. The first-order valence-electron chi connectivity index (χ1n) is 6.39. The lowest BCUT2D eigenvalue weighted by Gasteiger charge is -2.27. The topological polar surface area (TPSA) is 57.6 Å². The summed E-state index contributed by atoms with van der Waals surface area (Å²) < 4.78 is 13.1. The first kappa shape index (κ1) is 14.8. The van der Waals surface area contributed by atoms with Crippen LogP contribution in [0.15, 0.2) is 18.2 Å². The molecule has 1 amide bonds. The zero-order valence-corrected chi connectivity index (χ0v) is 12.1. The fourth-order valence-corrected chi connectivity index (χ4v) is 3.69. The van der Waals surface area contributed by atoms with Crippen LogP contribution in [0.3, 0.4) is 0 Å². The van der Waals surface area contributed by atoms with Gasteiger partial charge in [-0.05, 0) is 37.1 Å². The van der Waals surface area contributed by atoms with Gasteiger partial charge in [0.1, 0.15) is 11.9 Å². The summed E-state index contributed by atoms with van der Waals surface area (Å²) in [6, 6.07) is 3.11. The molecule has 1 aromatic rings. The number of benzene rings is 1. The van der Waals surface area contributed by atoms with Crippen LogP contribution in [0.4, 0.5) is 4.39 Å². The van der Waals surface area contributed by atoms with Gasteiger partial charge in [-0.2, -0.15) is 0 Å². The maximum absolute atomic E-state index is 13.1. The van der Waals surface area contributed by atoms with Crippen molar-refractivity contribution in [2.45, 2.75) is 31.7 Å². The molecule has 0 radical (unpaired) electrons. The van der Waals surface area contributed by atoms with Gasteiger partial charge in [0.2, 0.25) is 0 Å². The van der Waals surface area contributed by atoms with Crippen LogP contribution in [0.2, 0.25) is 0 Å². The van der Waals surface area contributed by atoms with E-state index < -0.39 is 17.8 Å². The maximum atomic E-state index is 13.1. The molecule has 1 saturated heterocycles. The quantitative estimate of drug-likeness (QED) is 0.931. The van der Waals surface area contributed by atoms with E-state index in [0.717, 1.165) is 0 Å². The van der Waals surface area contributed by atoms with Crippen molar-refractivity contribution < 1.29 is 19.1 Å². The van der Waals surface area contributed by atoms with Crippen LogP contribution in [0.25, 0.3) is 0 Å². The van der Waals surface area contributed by atoms with E-state index in [2.05, 4.69) is 0 Å². The average Bonchev–Trinajstić information content (AvgIpc) is 2.81. The number of aliphatic carboxylic acids is 1. The molecule has 2 unspecified atom stereocenters. The molecule has 1 N–H and O–H groups in total. The van der Waals surface area contributed by atoms with E-state index in [0.29, 0.717) is 23.3 Å². The van der Waals surface area contributed by atoms with Crippen molar-refractivity contribution in [2.24, 2.45) is 0 Å². The maximum Gasteiger partial charge on any atom is 0.327 e. The molecule has 2 rings (SSSR count).